The number of nitrogens with zero attached hydrogens (tertiary/aromatic N) is 2. The number of fused-ring (bicyclic) bond motifs is 1. The molecule has 0 radical (unpaired) electrons. The number of pyridine rings is 1. The Kier molecular flexibility index (Phi) is 5.83. The lowest BCUT2D eigenvalue weighted by Gasteiger charge is -2.27. The van der Waals surface area contributed by atoms with Gasteiger partial charge in [0.15, 0.2) is 0 Å². The van der Waals surface area contributed by atoms with Crippen molar-refractivity contribution in [2.45, 2.75) is 45.9 Å². The van der Waals surface area contributed by atoms with Gasteiger partial charge in [0.25, 0.3) is 5.91 Å². The van der Waals surface area contributed by atoms with E-state index >= 15 is 0 Å². The van der Waals surface area contributed by atoms with Gasteiger partial charge >= 0.3 is 0 Å². The van der Waals surface area contributed by atoms with Crippen LogP contribution in [0.4, 0.5) is 0 Å². The Morgan fingerprint density at radius 2 is 2.32 bits per heavy atom. The van der Waals surface area contributed by atoms with Gasteiger partial charge in [-0.1, -0.05) is 13.0 Å². The van der Waals surface area contributed by atoms with Crippen molar-refractivity contribution in [3.8, 4) is 0 Å². The van der Waals surface area contributed by atoms with Gasteiger partial charge in [0.2, 0.25) is 0 Å². The number of rotatable bonds is 6. The van der Waals surface area contributed by atoms with Gasteiger partial charge in [-0.2, -0.15) is 0 Å². The highest BCUT2D eigenvalue weighted by molar-refractivity contribution is 7.10. The molecule has 3 heterocycles. The first-order valence-corrected chi connectivity index (χ1v) is 9.66. The summed E-state index contributed by atoms with van der Waals surface area (Å²) in [6, 6.07) is 4.26. The van der Waals surface area contributed by atoms with Crippen molar-refractivity contribution < 1.29 is 9.90 Å². The summed E-state index contributed by atoms with van der Waals surface area (Å²) in [6.45, 7) is 6.72. The molecule has 3 rings (SSSR count). The average molecular weight is 359 g/mol. The van der Waals surface area contributed by atoms with Gasteiger partial charge in [-0.05, 0) is 37.0 Å². The third-order valence-electron chi connectivity index (χ3n) is 4.51. The molecule has 1 amide bonds. The van der Waals surface area contributed by atoms with Crippen molar-refractivity contribution >= 4 is 17.2 Å². The van der Waals surface area contributed by atoms with Crippen LogP contribution < -0.4 is 5.32 Å². The van der Waals surface area contributed by atoms with E-state index in [0.717, 1.165) is 43.7 Å². The molecular formula is C19H25N3O2S. The van der Waals surface area contributed by atoms with Crippen molar-refractivity contribution in [3.63, 3.8) is 0 Å². The topological polar surface area (TPSA) is 65.5 Å². The van der Waals surface area contributed by atoms with Gasteiger partial charge in [0.1, 0.15) is 0 Å². The van der Waals surface area contributed by atoms with Crippen LogP contribution in [0, 0.1) is 0 Å². The van der Waals surface area contributed by atoms with E-state index in [9.17, 15) is 9.90 Å². The molecule has 1 aliphatic rings. The maximum atomic E-state index is 12.3. The fourth-order valence-electron chi connectivity index (χ4n) is 3.03. The fraction of sp³-hybridized carbons (Fsp3) is 0.474. The molecule has 2 aromatic heterocycles. The molecule has 0 bridgehead atoms. The zero-order valence-electron chi connectivity index (χ0n) is 14.8. The van der Waals surface area contributed by atoms with Crippen molar-refractivity contribution in [2.24, 2.45) is 0 Å². The molecule has 0 aliphatic carbocycles. The lowest BCUT2D eigenvalue weighted by molar-refractivity contribution is 0.0922. The van der Waals surface area contributed by atoms with E-state index in [1.807, 2.05) is 11.6 Å². The molecule has 5 nitrogen and oxygen atoms in total. The summed E-state index contributed by atoms with van der Waals surface area (Å²) < 4.78 is 0. The minimum atomic E-state index is -0.527. The molecule has 2 N–H and O–H groups in total. The van der Waals surface area contributed by atoms with E-state index in [-0.39, 0.29) is 12.5 Å². The highest BCUT2D eigenvalue weighted by atomic mass is 32.1. The predicted octanol–water partition coefficient (Wildman–Crippen LogP) is 2.37. The second-order valence-corrected chi connectivity index (χ2v) is 7.55. The molecule has 2 aromatic rings. The summed E-state index contributed by atoms with van der Waals surface area (Å²) >= 11 is 1.65. The van der Waals surface area contributed by atoms with Crippen LogP contribution in [0.1, 0.15) is 45.9 Å². The van der Waals surface area contributed by atoms with Gasteiger partial charge < -0.3 is 10.4 Å². The van der Waals surface area contributed by atoms with E-state index in [4.69, 9.17) is 0 Å². The summed E-state index contributed by atoms with van der Waals surface area (Å²) in [7, 11) is 0. The quantitative estimate of drug-likeness (QED) is 0.831. The summed E-state index contributed by atoms with van der Waals surface area (Å²) in [4.78, 5) is 20.5. The highest BCUT2D eigenvalue weighted by Gasteiger charge is 2.24. The lowest BCUT2D eigenvalue weighted by atomic mass is 10.0. The van der Waals surface area contributed by atoms with Crippen LogP contribution in [0.5, 0.6) is 0 Å². The number of carbonyl (C=O) groups is 1. The van der Waals surface area contributed by atoms with Crippen LogP contribution in [0.25, 0.3) is 0 Å². The number of aromatic nitrogens is 1. The number of carbonyl (C=O) groups excluding carboxylic acids is 1. The fourth-order valence-corrected chi connectivity index (χ4v) is 4.15. The summed E-state index contributed by atoms with van der Waals surface area (Å²) in [5, 5.41) is 14.1. The molecular weight excluding hydrogens is 334 g/mol. The first kappa shape index (κ1) is 18.0. The summed E-state index contributed by atoms with van der Waals surface area (Å²) in [5.41, 5.74) is 4.28. The highest BCUT2D eigenvalue weighted by Crippen LogP contribution is 2.29. The molecule has 0 saturated carbocycles. The molecule has 1 atom stereocenters. The van der Waals surface area contributed by atoms with E-state index in [1.54, 1.807) is 18.3 Å². The van der Waals surface area contributed by atoms with Crippen molar-refractivity contribution in [1.82, 2.24) is 15.2 Å². The van der Waals surface area contributed by atoms with Gasteiger partial charge in [-0.3, -0.25) is 14.7 Å². The van der Waals surface area contributed by atoms with Crippen molar-refractivity contribution in [2.75, 3.05) is 13.1 Å². The SMILES string of the molecule is CCc1ccc(CN2CCc3c(C(=O)NCC(C)O)csc3C2)nc1. The van der Waals surface area contributed by atoms with Crippen LogP contribution in [-0.2, 0) is 25.9 Å². The molecule has 1 aliphatic heterocycles. The molecule has 0 aromatic carbocycles. The minimum absolute atomic E-state index is 0.0799. The number of amides is 1. The number of aryl methyl sites for hydroxylation is 1. The number of nitrogens with one attached hydrogen (secondary N) is 1. The van der Waals surface area contributed by atoms with Crippen molar-refractivity contribution in [1.29, 1.82) is 0 Å². The monoisotopic (exact) mass is 359 g/mol. The Labute approximate surface area is 152 Å². The lowest BCUT2D eigenvalue weighted by Crippen LogP contribution is -2.33. The van der Waals surface area contributed by atoms with Crippen LogP contribution in [-0.4, -0.2) is 40.1 Å². The van der Waals surface area contributed by atoms with Crippen LogP contribution in [0.15, 0.2) is 23.7 Å². The third-order valence-corrected chi connectivity index (χ3v) is 5.52. The normalized spacial score (nSPS) is 15.6. The number of thiophene rings is 1. The number of hydrogen-bond acceptors (Lipinski definition) is 5. The first-order valence-electron chi connectivity index (χ1n) is 8.78. The number of aliphatic hydroxyl groups is 1. The largest absolute Gasteiger partial charge is 0.392 e. The third kappa shape index (κ3) is 4.45. The van der Waals surface area contributed by atoms with E-state index in [0.29, 0.717) is 0 Å². The Balaban J connectivity index is 1.63. The second kappa shape index (κ2) is 8.08. The van der Waals surface area contributed by atoms with Gasteiger partial charge in [-0.25, -0.2) is 0 Å². The predicted molar refractivity (Wildman–Crippen MR) is 99.8 cm³/mol. The Morgan fingerprint density at radius 3 is 3.00 bits per heavy atom. The summed E-state index contributed by atoms with van der Waals surface area (Å²) in [6.07, 6.45) is 3.32. The molecule has 6 heteroatoms. The molecule has 134 valence electrons. The Bertz CT molecular complexity index is 725. The Morgan fingerprint density at radius 1 is 1.48 bits per heavy atom. The zero-order valence-corrected chi connectivity index (χ0v) is 15.6. The first-order chi connectivity index (χ1) is 12.1. The van der Waals surface area contributed by atoms with Crippen LogP contribution in [0.3, 0.4) is 0 Å². The minimum Gasteiger partial charge on any atom is -0.392 e. The maximum absolute atomic E-state index is 12.3. The zero-order chi connectivity index (χ0) is 17.8. The molecule has 1 unspecified atom stereocenters. The average Bonchev–Trinajstić information content (AvgIpc) is 3.03. The molecule has 25 heavy (non-hydrogen) atoms. The number of hydrogen-bond donors (Lipinski definition) is 2. The maximum Gasteiger partial charge on any atom is 0.252 e. The summed E-state index contributed by atoms with van der Waals surface area (Å²) in [5.74, 6) is -0.0799. The van der Waals surface area contributed by atoms with Gasteiger partial charge in [0.05, 0.1) is 17.4 Å². The molecule has 0 saturated heterocycles. The van der Waals surface area contributed by atoms with E-state index in [1.165, 1.54) is 16.0 Å². The van der Waals surface area contributed by atoms with Gasteiger partial charge in [0, 0.05) is 42.6 Å². The van der Waals surface area contributed by atoms with Crippen LogP contribution >= 0.6 is 11.3 Å². The van der Waals surface area contributed by atoms with Crippen LogP contribution in [0.2, 0.25) is 0 Å². The van der Waals surface area contributed by atoms with Crippen molar-refractivity contribution in [3.05, 3.63) is 51.0 Å². The molecule has 0 fully saturated rings. The second-order valence-electron chi connectivity index (χ2n) is 6.58. The molecule has 0 spiro atoms. The van der Waals surface area contributed by atoms with Gasteiger partial charge in [-0.15, -0.1) is 11.3 Å². The smallest absolute Gasteiger partial charge is 0.252 e. The Hall–Kier alpha value is -1.76. The van der Waals surface area contributed by atoms with E-state index in [2.05, 4.69) is 34.3 Å². The number of aliphatic hydroxyl groups excluding tert-OH is 1. The standard InChI is InChI=1S/C19H25N3O2S/c1-3-14-4-5-15(20-9-14)10-22-7-6-16-17(12-25-18(16)11-22)19(24)21-8-13(2)23/h4-5,9,12-13,23H,3,6-8,10-11H2,1-2H3,(H,21,24). The van der Waals surface area contributed by atoms with E-state index < -0.39 is 6.10 Å².